The lowest BCUT2D eigenvalue weighted by molar-refractivity contribution is -0.917. The summed E-state index contributed by atoms with van der Waals surface area (Å²) in [6.45, 7) is 4.48. The van der Waals surface area contributed by atoms with E-state index in [4.69, 9.17) is 9.47 Å². The summed E-state index contributed by atoms with van der Waals surface area (Å²) in [6.07, 6.45) is 0.780. The number of fused-ring (bicyclic) bond motifs is 2. The third-order valence-electron chi connectivity index (χ3n) is 5.95. The van der Waals surface area contributed by atoms with Crippen LogP contribution in [0.5, 0.6) is 11.5 Å². The summed E-state index contributed by atoms with van der Waals surface area (Å²) in [4.78, 5) is 35.5. The molecular weight excluding hydrogens is 396 g/mol. The predicted molar refractivity (Wildman–Crippen MR) is 114 cm³/mol. The van der Waals surface area contributed by atoms with Crippen LogP contribution in [0.25, 0.3) is 10.9 Å². The van der Waals surface area contributed by atoms with Gasteiger partial charge in [0.15, 0.2) is 11.5 Å². The number of piperazine rings is 1. The molecule has 1 saturated heterocycles. The van der Waals surface area contributed by atoms with Crippen molar-refractivity contribution < 1.29 is 19.2 Å². The smallest absolute Gasteiger partial charge is 0.258 e. The summed E-state index contributed by atoms with van der Waals surface area (Å²) in [6, 6.07) is 13.3. The molecule has 1 aromatic heterocycles. The summed E-state index contributed by atoms with van der Waals surface area (Å²) in [5, 5.41) is 0.569. The molecule has 8 heteroatoms. The molecule has 31 heavy (non-hydrogen) atoms. The monoisotopic (exact) mass is 421 g/mol. The van der Waals surface area contributed by atoms with Gasteiger partial charge in [-0.25, -0.2) is 4.98 Å². The summed E-state index contributed by atoms with van der Waals surface area (Å²) in [5.41, 5.74) is 1.72. The Hall–Kier alpha value is -3.39. The van der Waals surface area contributed by atoms with E-state index in [9.17, 15) is 9.59 Å². The fraction of sp³-hybridized carbons (Fsp3) is 0.348. The number of benzene rings is 2. The Morgan fingerprint density at radius 3 is 2.77 bits per heavy atom. The van der Waals surface area contributed by atoms with Gasteiger partial charge in [-0.05, 0) is 30.3 Å². The van der Waals surface area contributed by atoms with Gasteiger partial charge in [0.2, 0.25) is 12.7 Å². The van der Waals surface area contributed by atoms with Crippen molar-refractivity contribution in [1.29, 1.82) is 0 Å². The van der Waals surface area contributed by atoms with Gasteiger partial charge in [0.1, 0.15) is 12.4 Å². The predicted octanol–water partition coefficient (Wildman–Crippen LogP) is 0.512. The van der Waals surface area contributed by atoms with Crippen LogP contribution in [0, 0.1) is 0 Å². The minimum Gasteiger partial charge on any atom is -0.454 e. The number of H-pyrrole nitrogens is 1. The maximum Gasteiger partial charge on any atom is 0.258 e. The second kappa shape index (κ2) is 8.39. The standard InChI is InChI=1S/C23H24N4O4/c28-22(8-7-21-24-18-4-2-1-3-17(18)23(29)25-21)27-11-9-26(10-12-27)14-16-5-6-19-20(13-16)31-15-30-19/h1-6,13H,7-12,14-15H2,(H,24,25,29)/p+1. The minimum absolute atomic E-state index is 0.109. The number of aromatic amines is 1. The number of quaternary nitrogens is 1. The first-order valence-electron chi connectivity index (χ1n) is 10.6. The number of aromatic nitrogens is 2. The van der Waals surface area contributed by atoms with E-state index >= 15 is 0 Å². The third-order valence-corrected chi connectivity index (χ3v) is 5.95. The van der Waals surface area contributed by atoms with Crippen LogP contribution in [0.1, 0.15) is 17.8 Å². The summed E-state index contributed by atoms with van der Waals surface area (Å²) < 4.78 is 10.8. The van der Waals surface area contributed by atoms with Gasteiger partial charge in [0.05, 0.1) is 37.1 Å². The number of nitrogens with one attached hydrogen (secondary N) is 2. The van der Waals surface area contributed by atoms with E-state index in [0.29, 0.717) is 29.6 Å². The Morgan fingerprint density at radius 1 is 1.10 bits per heavy atom. The number of hydrogen-bond donors (Lipinski definition) is 2. The SMILES string of the molecule is O=C(CCc1nc2ccccc2c(=O)[nH]1)N1CC[NH+](Cc2ccc3c(c2)OCO3)CC1. The van der Waals surface area contributed by atoms with E-state index in [1.54, 1.807) is 6.07 Å². The molecule has 0 aliphatic carbocycles. The topological polar surface area (TPSA) is 89.0 Å². The van der Waals surface area contributed by atoms with Crippen molar-refractivity contribution in [3.63, 3.8) is 0 Å². The van der Waals surface area contributed by atoms with Crippen molar-refractivity contribution in [2.24, 2.45) is 0 Å². The average molecular weight is 421 g/mol. The summed E-state index contributed by atoms with van der Waals surface area (Å²) >= 11 is 0. The summed E-state index contributed by atoms with van der Waals surface area (Å²) in [7, 11) is 0. The molecule has 160 valence electrons. The average Bonchev–Trinajstić information content (AvgIpc) is 3.26. The Kier molecular flexibility index (Phi) is 5.30. The zero-order valence-electron chi connectivity index (χ0n) is 17.2. The number of amides is 1. The summed E-state index contributed by atoms with van der Waals surface area (Å²) in [5.74, 6) is 2.28. The molecule has 2 aromatic carbocycles. The second-order valence-electron chi connectivity index (χ2n) is 8.02. The number of carbonyl (C=O) groups excluding carboxylic acids is 1. The van der Waals surface area contributed by atoms with Gasteiger partial charge in [-0.15, -0.1) is 0 Å². The van der Waals surface area contributed by atoms with Crippen molar-refractivity contribution in [2.45, 2.75) is 19.4 Å². The molecule has 1 amide bonds. The molecular formula is C23H25N4O4+. The Bertz CT molecular complexity index is 1170. The van der Waals surface area contributed by atoms with Gasteiger partial charge in [-0.2, -0.15) is 0 Å². The highest BCUT2D eigenvalue weighted by Crippen LogP contribution is 2.32. The maximum absolute atomic E-state index is 12.7. The van der Waals surface area contributed by atoms with Gasteiger partial charge in [0, 0.05) is 18.4 Å². The maximum atomic E-state index is 12.7. The lowest BCUT2D eigenvalue weighted by atomic mass is 10.1. The van der Waals surface area contributed by atoms with Crippen LogP contribution >= 0.6 is 0 Å². The van der Waals surface area contributed by atoms with Crippen LogP contribution in [0.3, 0.4) is 0 Å². The van der Waals surface area contributed by atoms with Gasteiger partial charge < -0.3 is 24.3 Å². The molecule has 2 N–H and O–H groups in total. The van der Waals surface area contributed by atoms with E-state index in [2.05, 4.69) is 16.0 Å². The number of carbonyl (C=O) groups is 1. The number of ether oxygens (including phenoxy) is 2. The molecule has 0 spiro atoms. The Morgan fingerprint density at radius 2 is 1.90 bits per heavy atom. The van der Waals surface area contributed by atoms with Crippen LogP contribution in [-0.2, 0) is 17.8 Å². The van der Waals surface area contributed by atoms with E-state index in [1.807, 2.05) is 35.2 Å². The van der Waals surface area contributed by atoms with Gasteiger partial charge in [-0.1, -0.05) is 12.1 Å². The molecule has 3 heterocycles. The lowest BCUT2D eigenvalue weighted by Gasteiger charge is -2.32. The second-order valence-corrected chi connectivity index (χ2v) is 8.02. The lowest BCUT2D eigenvalue weighted by Crippen LogP contribution is -3.13. The Balaban J connectivity index is 1.13. The molecule has 0 bridgehead atoms. The normalized spacial score (nSPS) is 16.1. The van der Waals surface area contributed by atoms with Gasteiger partial charge >= 0.3 is 0 Å². The van der Waals surface area contributed by atoms with Crippen LogP contribution in [0.4, 0.5) is 0 Å². The number of hydrogen-bond acceptors (Lipinski definition) is 5. The van der Waals surface area contributed by atoms with E-state index in [1.165, 1.54) is 10.5 Å². The van der Waals surface area contributed by atoms with Crippen LogP contribution in [0.15, 0.2) is 47.3 Å². The molecule has 0 radical (unpaired) electrons. The zero-order chi connectivity index (χ0) is 21.2. The van der Waals surface area contributed by atoms with Gasteiger partial charge in [-0.3, -0.25) is 9.59 Å². The fourth-order valence-corrected chi connectivity index (χ4v) is 4.23. The van der Waals surface area contributed by atoms with Gasteiger partial charge in [0.25, 0.3) is 5.56 Å². The first-order chi connectivity index (χ1) is 15.2. The highest BCUT2D eigenvalue weighted by molar-refractivity contribution is 5.78. The van der Waals surface area contributed by atoms with E-state index in [-0.39, 0.29) is 18.3 Å². The first-order valence-corrected chi connectivity index (χ1v) is 10.6. The molecule has 1 fully saturated rings. The Labute approximate surface area is 179 Å². The molecule has 3 aromatic rings. The molecule has 0 atom stereocenters. The highest BCUT2D eigenvalue weighted by atomic mass is 16.7. The van der Waals surface area contributed by atoms with E-state index < -0.39 is 0 Å². The van der Waals surface area contributed by atoms with E-state index in [0.717, 1.165) is 44.2 Å². The molecule has 5 rings (SSSR count). The number of para-hydroxylation sites is 1. The number of nitrogens with zero attached hydrogens (tertiary/aromatic N) is 2. The fourth-order valence-electron chi connectivity index (χ4n) is 4.23. The van der Waals surface area contributed by atoms with Crippen LogP contribution in [0.2, 0.25) is 0 Å². The first kappa shape index (κ1) is 19.6. The van der Waals surface area contributed by atoms with Crippen LogP contribution in [-0.4, -0.2) is 53.7 Å². The molecule has 8 nitrogen and oxygen atoms in total. The highest BCUT2D eigenvalue weighted by Gasteiger charge is 2.24. The number of aryl methyl sites for hydroxylation is 1. The van der Waals surface area contributed by atoms with Crippen LogP contribution < -0.4 is 19.9 Å². The third kappa shape index (κ3) is 4.25. The number of rotatable bonds is 5. The largest absolute Gasteiger partial charge is 0.454 e. The molecule has 0 saturated carbocycles. The minimum atomic E-state index is -0.159. The molecule has 2 aliphatic rings. The van der Waals surface area contributed by atoms with Crippen molar-refractivity contribution in [1.82, 2.24) is 14.9 Å². The van der Waals surface area contributed by atoms with Crippen molar-refractivity contribution in [2.75, 3.05) is 33.0 Å². The molecule has 2 aliphatic heterocycles. The molecule has 0 unspecified atom stereocenters. The zero-order valence-corrected chi connectivity index (χ0v) is 17.2. The van der Waals surface area contributed by atoms with Crippen molar-refractivity contribution in [3.05, 3.63) is 64.2 Å². The quantitative estimate of drug-likeness (QED) is 0.627. The van der Waals surface area contributed by atoms with Crippen molar-refractivity contribution >= 4 is 16.8 Å². The van der Waals surface area contributed by atoms with Crippen molar-refractivity contribution in [3.8, 4) is 11.5 Å².